The third-order valence-electron chi connectivity index (χ3n) is 15.0. The predicted octanol–water partition coefficient (Wildman–Crippen LogP) is 22.9. The van der Waals surface area contributed by atoms with Gasteiger partial charge in [0.2, 0.25) is 0 Å². The van der Waals surface area contributed by atoms with Gasteiger partial charge in [0.1, 0.15) is 13.2 Å². The Balaban J connectivity index is 4.12. The molecule has 1 unspecified atom stereocenters. The van der Waals surface area contributed by atoms with Crippen LogP contribution >= 0.6 is 0 Å². The predicted molar refractivity (Wildman–Crippen MR) is 330 cm³/mol. The van der Waals surface area contributed by atoms with E-state index in [1.165, 1.54) is 244 Å². The Morgan fingerprint density at radius 1 is 0.263 bits per heavy atom. The summed E-state index contributed by atoms with van der Waals surface area (Å²) in [7, 11) is 0. The number of allylic oxidation sites excluding steroid dienone is 8. The smallest absolute Gasteiger partial charge is 0.306 e. The van der Waals surface area contributed by atoms with Crippen molar-refractivity contribution >= 4 is 17.9 Å². The summed E-state index contributed by atoms with van der Waals surface area (Å²) < 4.78 is 16.9. The van der Waals surface area contributed by atoms with E-state index in [-0.39, 0.29) is 31.1 Å². The molecule has 444 valence electrons. The monoisotopic (exact) mass is 1060 g/mol. The van der Waals surface area contributed by atoms with Gasteiger partial charge in [0.25, 0.3) is 0 Å². The normalized spacial score (nSPS) is 12.3. The molecule has 0 N–H and O–H groups in total. The second kappa shape index (κ2) is 64.9. The Kier molecular flexibility index (Phi) is 62.6. The first-order chi connectivity index (χ1) is 37.5. The zero-order valence-corrected chi connectivity index (χ0v) is 51.0. The molecule has 0 heterocycles. The summed E-state index contributed by atoms with van der Waals surface area (Å²) in [6.45, 7) is 6.63. The van der Waals surface area contributed by atoms with E-state index in [0.29, 0.717) is 19.3 Å². The van der Waals surface area contributed by atoms with Crippen molar-refractivity contribution in [1.29, 1.82) is 0 Å². The Bertz CT molecular complexity index is 1310. The summed E-state index contributed by atoms with van der Waals surface area (Å²) in [6, 6.07) is 0. The highest BCUT2D eigenvalue weighted by molar-refractivity contribution is 5.71. The summed E-state index contributed by atoms with van der Waals surface area (Å²) in [5, 5.41) is 0. The van der Waals surface area contributed by atoms with E-state index in [4.69, 9.17) is 14.2 Å². The second-order valence-electron chi connectivity index (χ2n) is 22.7. The van der Waals surface area contributed by atoms with Crippen LogP contribution in [0.5, 0.6) is 0 Å². The number of carbonyl (C=O) groups excluding carboxylic acids is 3. The van der Waals surface area contributed by atoms with E-state index in [0.717, 1.165) is 77.0 Å². The average Bonchev–Trinajstić information content (AvgIpc) is 3.42. The molecule has 0 bridgehead atoms. The minimum Gasteiger partial charge on any atom is -0.462 e. The number of unbranched alkanes of at least 4 members (excludes halogenated alkanes) is 43. The minimum absolute atomic E-state index is 0.0753. The molecular weight excluding hydrogens is 937 g/mol. The van der Waals surface area contributed by atoms with Crippen LogP contribution in [-0.2, 0) is 28.6 Å². The van der Waals surface area contributed by atoms with E-state index >= 15 is 0 Å². The van der Waals surface area contributed by atoms with Crippen molar-refractivity contribution in [3.8, 4) is 0 Å². The Morgan fingerprint density at radius 2 is 0.474 bits per heavy atom. The van der Waals surface area contributed by atoms with Gasteiger partial charge in [-0.2, -0.15) is 0 Å². The van der Waals surface area contributed by atoms with Crippen LogP contribution in [0.15, 0.2) is 48.6 Å². The third kappa shape index (κ3) is 62.2. The lowest BCUT2D eigenvalue weighted by Crippen LogP contribution is -2.30. The van der Waals surface area contributed by atoms with Crippen LogP contribution in [0.3, 0.4) is 0 Å². The van der Waals surface area contributed by atoms with Crippen LogP contribution in [0, 0.1) is 0 Å². The minimum atomic E-state index is -0.779. The molecule has 0 aliphatic heterocycles. The summed E-state index contributed by atoms with van der Waals surface area (Å²) in [5.41, 5.74) is 0. The summed E-state index contributed by atoms with van der Waals surface area (Å²) in [4.78, 5) is 38.2. The number of rotatable bonds is 62. The summed E-state index contributed by atoms with van der Waals surface area (Å²) in [5.74, 6) is -0.874. The van der Waals surface area contributed by atoms with E-state index in [1.807, 2.05) is 0 Å². The van der Waals surface area contributed by atoms with Crippen molar-refractivity contribution in [1.82, 2.24) is 0 Å². The fourth-order valence-electron chi connectivity index (χ4n) is 9.94. The molecule has 0 aliphatic rings. The van der Waals surface area contributed by atoms with Crippen molar-refractivity contribution in [3.63, 3.8) is 0 Å². The fraction of sp³-hybridized carbons (Fsp3) is 0.843. The molecule has 6 heteroatoms. The molecule has 0 aromatic heterocycles. The molecular formula is C70H128O6. The lowest BCUT2D eigenvalue weighted by Gasteiger charge is -2.18. The van der Waals surface area contributed by atoms with E-state index in [2.05, 4.69) is 69.4 Å². The van der Waals surface area contributed by atoms with Gasteiger partial charge >= 0.3 is 17.9 Å². The van der Waals surface area contributed by atoms with Crippen LogP contribution in [0.4, 0.5) is 0 Å². The first-order valence-electron chi connectivity index (χ1n) is 33.6. The van der Waals surface area contributed by atoms with Crippen LogP contribution in [0.25, 0.3) is 0 Å². The van der Waals surface area contributed by atoms with Crippen LogP contribution in [0.1, 0.15) is 361 Å². The molecule has 0 aromatic carbocycles. The molecule has 0 fully saturated rings. The maximum atomic E-state index is 12.9. The molecule has 0 rings (SSSR count). The molecule has 0 saturated heterocycles. The van der Waals surface area contributed by atoms with Crippen molar-refractivity contribution < 1.29 is 28.6 Å². The molecule has 1 atom stereocenters. The molecule has 6 nitrogen and oxygen atoms in total. The van der Waals surface area contributed by atoms with Gasteiger partial charge in [0.15, 0.2) is 6.10 Å². The SMILES string of the molecule is CCCCC/C=C\CCCCCCCC(=O)OCC(COC(=O)CCCCCCCCCCCCCCCCCCCCC/C=C\C/C=C\CCCCCCC)OC(=O)CCCCCCC/C=C\CCCCCCCC. The highest BCUT2D eigenvalue weighted by atomic mass is 16.6. The van der Waals surface area contributed by atoms with Gasteiger partial charge < -0.3 is 14.2 Å². The van der Waals surface area contributed by atoms with Crippen molar-refractivity contribution in [3.05, 3.63) is 48.6 Å². The first-order valence-corrected chi connectivity index (χ1v) is 33.6. The van der Waals surface area contributed by atoms with Crippen molar-refractivity contribution in [2.45, 2.75) is 367 Å². The Hall–Kier alpha value is -2.63. The Labute approximate surface area is 473 Å². The number of ether oxygens (including phenoxy) is 3. The average molecular weight is 1070 g/mol. The van der Waals surface area contributed by atoms with Gasteiger partial charge in [0.05, 0.1) is 0 Å². The highest BCUT2D eigenvalue weighted by Gasteiger charge is 2.19. The standard InChI is InChI=1S/C70H128O6/c1-4-7-10-13-16-19-22-25-27-28-29-30-31-32-33-34-35-36-37-38-39-40-41-42-44-45-48-51-54-57-60-63-69(72)75-66-67(65-74-68(71)62-59-56-53-50-47-24-21-18-15-12-9-6-3)76-70(73)64-61-58-55-52-49-46-43-26-23-20-17-14-11-8-5-2/h18,21-22,25-26,28-29,43,67H,4-17,19-20,23-24,27,30-42,44-66H2,1-3H3/b21-18-,25-22-,29-28-,43-26-. The topological polar surface area (TPSA) is 78.9 Å². The summed E-state index contributed by atoms with van der Waals surface area (Å²) >= 11 is 0. The number of esters is 3. The quantitative estimate of drug-likeness (QED) is 0.0261. The molecule has 0 amide bonds. The van der Waals surface area contributed by atoms with Crippen LogP contribution < -0.4 is 0 Å². The zero-order valence-electron chi connectivity index (χ0n) is 51.0. The maximum Gasteiger partial charge on any atom is 0.306 e. The molecule has 0 spiro atoms. The molecule has 0 saturated carbocycles. The zero-order chi connectivity index (χ0) is 55.0. The highest BCUT2D eigenvalue weighted by Crippen LogP contribution is 2.17. The molecule has 0 aliphatic carbocycles. The third-order valence-corrected chi connectivity index (χ3v) is 15.0. The maximum absolute atomic E-state index is 12.9. The van der Waals surface area contributed by atoms with Gasteiger partial charge in [0, 0.05) is 19.3 Å². The molecule has 0 aromatic rings. The van der Waals surface area contributed by atoms with Gasteiger partial charge in [-0.25, -0.2) is 0 Å². The number of carbonyl (C=O) groups is 3. The van der Waals surface area contributed by atoms with E-state index in [9.17, 15) is 14.4 Å². The summed E-state index contributed by atoms with van der Waals surface area (Å²) in [6.07, 6.45) is 81.4. The Morgan fingerprint density at radius 3 is 0.763 bits per heavy atom. The largest absolute Gasteiger partial charge is 0.462 e. The molecule has 0 radical (unpaired) electrons. The van der Waals surface area contributed by atoms with Crippen LogP contribution in [-0.4, -0.2) is 37.2 Å². The van der Waals surface area contributed by atoms with E-state index in [1.54, 1.807) is 0 Å². The second-order valence-corrected chi connectivity index (χ2v) is 22.7. The van der Waals surface area contributed by atoms with Gasteiger partial charge in [-0.05, 0) is 103 Å². The number of hydrogen-bond donors (Lipinski definition) is 0. The first kappa shape index (κ1) is 73.4. The van der Waals surface area contributed by atoms with Crippen LogP contribution in [0.2, 0.25) is 0 Å². The lowest BCUT2D eigenvalue weighted by molar-refractivity contribution is -0.167. The van der Waals surface area contributed by atoms with Gasteiger partial charge in [-0.1, -0.05) is 288 Å². The molecule has 76 heavy (non-hydrogen) atoms. The lowest BCUT2D eigenvalue weighted by atomic mass is 10.0. The van der Waals surface area contributed by atoms with Gasteiger partial charge in [-0.3, -0.25) is 14.4 Å². The van der Waals surface area contributed by atoms with E-state index < -0.39 is 6.10 Å². The van der Waals surface area contributed by atoms with Crippen molar-refractivity contribution in [2.75, 3.05) is 13.2 Å². The number of hydrogen-bond acceptors (Lipinski definition) is 6. The van der Waals surface area contributed by atoms with Gasteiger partial charge in [-0.15, -0.1) is 0 Å². The fourth-order valence-corrected chi connectivity index (χ4v) is 9.94. The van der Waals surface area contributed by atoms with Crippen molar-refractivity contribution in [2.24, 2.45) is 0 Å².